The molecule has 2 saturated heterocycles. The molecule has 6 heteroatoms. The topological polar surface area (TPSA) is 36.3 Å². The first-order chi connectivity index (χ1) is 11.5. The lowest BCUT2D eigenvalue weighted by molar-refractivity contribution is 0.0675. The van der Waals surface area contributed by atoms with Crippen LogP contribution in [0.3, 0.4) is 0 Å². The van der Waals surface area contributed by atoms with Gasteiger partial charge in [0.05, 0.1) is 6.20 Å². The van der Waals surface area contributed by atoms with Crippen LogP contribution in [0, 0.1) is 11.3 Å². The summed E-state index contributed by atoms with van der Waals surface area (Å²) in [7, 11) is 4.34. The van der Waals surface area contributed by atoms with E-state index in [1.165, 1.54) is 51.0 Å². The van der Waals surface area contributed by atoms with Crippen molar-refractivity contribution in [2.24, 2.45) is 18.4 Å². The largest absolute Gasteiger partial charge is 0.316 e. The molecule has 144 valence electrons. The highest BCUT2D eigenvalue weighted by molar-refractivity contribution is 5.85. The first-order valence-corrected chi connectivity index (χ1v) is 9.62. The van der Waals surface area contributed by atoms with Crippen LogP contribution in [-0.2, 0) is 7.05 Å². The Labute approximate surface area is 159 Å². The van der Waals surface area contributed by atoms with Gasteiger partial charge in [0.1, 0.15) is 0 Å². The molecule has 0 aromatic carbocycles. The average molecular weight is 370 g/mol. The number of aryl methyl sites for hydroxylation is 1. The summed E-state index contributed by atoms with van der Waals surface area (Å²) in [5, 5.41) is 7.97. The molecule has 0 saturated carbocycles. The molecule has 1 aromatic heterocycles. The number of hydrogen-bond acceptors (Lipinski definition) is 4. The number of aromatic nitrogens is 2. The molecule has 5 nitrogen and oxygen atoms in total. The fourth-order valence-electron chi connectivity index (χ4n) is 4.89. The van der Waals surface area contributed by atoms with Gasteiger partial charge in [0, 0.05) is 44.5 Å². The fraction of sp³-hybridized carbons (Fsp3) is 0.842. The minimum Gasteiger partial charge on any atom is -0.316 e. The van der Waals surface area contributed by atoms with Crippen LogP contribution in [0.25, 0.3) is 0 Å². The normalized spacial score (nSPS) is 30.6. The quantitative estimate of drug-likeness (QED) is 0.836. The number of nitrogens with zero attached hydrogens (tertiary/aromatic N) is 4. The van der Waals surface area contributed by atoms with Crippen molar-refractivity contribution in [2.45, 2.75) is 39.2 Å². The van der Waals surface area contributed by atoms with Gasteiger partial charge in [0.25, 0.3) is 0 Å². The van der Waals surface area contributed by atoms with Crippen LogP contribution in [0.5, 0.6) is 0 Å². The van der Waals surface area contributed by atoms with E-state index in [0.717, 1.165) is 13.1 Å². The summed E-state index contributed by atoms with van der Waals surface area (Å²) >= 11 is 0. The van der Waals surface area contributed by atoms with Crippen LogP contribution in [0.4, 0.5) is 0 Å². The van der Waals surface area contributed by atoms with Gasteiger partial charge in [-0.25, -0.2) is 0 Å². The Morgan fingerprint density at radius 3 is 2.84 bits per heavy atom. The van der Waals surface area contributed by atoms with Crippen molar-refractivity contribution in [3.05, 3.63) is 18.0 Å². The highest BCUT2D eigenvalue weighted by Gasteiger charge is 2.35. The lowest BCUT2D eigenvalue weighted by Crippen LogP contribution is -2.44. The highest BCUT2D eigenvalue weighted by atomic mass is 35.5. The highest BCUT2D eigenvalue weighted by Crippen LogP contribution is 2.36. The van der Waals surface area contributed by atoms with Crippen molar-refractivity contribution in [3.63, 3.8) is 0 Å². The molecule has 3 rings (SSSR count). The second kappa shape index (κ2) is 8.85. The Morgan fingerprint density at radius 1 is 1.44 bits per heavy atom. The van der Waals surface area contributed by atoms with E-state index in [1.807, 2.05) is 11.7 Å². The van der Waals surface area contributed by atoms with Gasteiger partial charge in [-0.05, 0) is 57.3 Å². The lowest BCUT2D eigenvalue weighted by Gasteiger charge is -2.42. The molecule has 25 heavy (non-hydrogen) atoms. The summed E-state index contributed by atoms with van der Waals surface area (Å²) in [4.78, 5) is 5.23. The number of likely N-dealkylation sites (tertiary alicyclic amines) is 1. The standard InChI is InChI=1S/C19H35N5.ClH/c1-5-24-10-6-7-16(18(24)17-11-21-23(4)13-17)12-22(3)15-19(2)8-9-20-14-19;/h11,13,16,18,20H,5-10,12,14-15H2,1-4H3;1H/t16-,18+,19?;/m0./s1. The molecule has 2 fully saturated rings. The summed E-state index contributed by atoms with van der Waals surface area (Å²) in [6.45, 7) is 11.8. The van der Waals surface area contributed by atoms with E-state index in [1.54, 1.807) is 0 Å². The van der Waals surface area contributed by atoms with Crippen LogP contribution >= 0.6 is 12.4 Å². The average Bonchev–Trinajstić information content (AvgIpc) is 3.15. The maximum atomic E-state index is 4.44. The zero-order chi connectivity index (χ0) is 17.2. The van der Waals surface area contributed by atoms with Gasteiger partial charge in [-0.2, -0.15) is 5.10 Å². The predicted molar refractivity (Wildman–Crippen MR) is 106 cm³/mol. The van der Waals surface area contributed by atoms with E-state index in [4.69, 9.17) is 0 Å². The monoisotopic (exact) mass is 369 g/mol. The van der Waals surface area contributed by atoms with Crippen molar-refractivity contribution in [1.82, 2.24) is 24.9 Å². The van der Waals surface area contributed by atoms with E-state index in [0.29, 0.717) is 17.4 Å². The molecule has 0 amide bonds. The van der Waals surface area contributed by atoms with Gasteiger partial charge < -0.3 is 10.2 Å². The van der Waals surface area contributed by atoms with Gasteiger partial charge in [0.15, 0.2) is 0 Å². The van der Waals surface area contributed by atoms with Gasteiger partial charge in [-0.1, -0.05) is 13.8 Å². The minimum absolute atomic E-state index is 0. The number of rotatable bonds is 6. The first kappa shape index (κ1) is 20.7. The summed E-state index contributed by atoms with van der Waals surface area (Å²) in [5.74, 6) is 0.700. The van der Waals surface area contributed by atoms with Gasteiger partial charge >= 0.3 is 0 Å². The molecule has 1 N–H and O–H groups in total. The number of halogens is 1. The first-order valence-electron chi connectivity index (χ1n) is 9.62. The number of piperidine rings is 1. The van der Waals surface area contributed by atoms with E-state index in [2.05, 4.69) is 53.5 Å². The van der Waals surface area contributed by atoms with E-state index in [9.17, 15) is 0 Å². The molecular formula is C19H36ClN5. The van der Waals surface area contributed by atoms with E-state index < -0.39 is 0 Å². The molecular weight excluding hydrogens is 334 g/mol. The summed E-state index contributed by atoms with van der Waals surface area (Å²) in [6.07, 6.45) is 8.24. The van der Waals surface area contributed by atoms with Crippen LogP contribution < -0.4 is 5.32 Å². The maximum absolute atomic E-state index is 4.44. The minimum atomic E-state index is 0. The van der Waals surface area contributed by atoms with E-state index >= 15 is 0 Å². The van der Waals surface area contributed by atoms with Crippen LogP contribution in [0.2, 0.25) is 0 Å². The third-order valence-electron chi connectivity index (χ3n) is 5.99. The molecule has 2 aliphatic rings. The summed E-state index contributed by atoms with van der Waals surface area (Å²) < 4.78 is 1.95. The van der Waals surface area contributed by atoms with Crippen molar-refractivity contribution >= 4 is 12.4 Å². The predicted octanol–water partition coefficient (Wildman–Crippen LogP) is 2.55. The molecule has 3 heterocycles. The zero-order valence-corrected chi connectivity index (χ0v) is 17.2. The SMILES string of the molecule is CCN1CCC[C@@H](CN(C)CC2(C)CCNC2)[C@@H]1c1cnn(C)c1.Cl. The second-order valence-corrected chi connectivity index (χ2v) is 8.36. The summed E-state index contributed by atoms with van der Waals surface area (Å²) in [6, 6.07) is 0.523. The molecule has 0 radical (unpaired) electrons. The van der Waals surface area contributed by atoms with Crippen LogP contribution in [0.15, 0.2) is 12.4 Å². The second-order valence-electron chi connectivity index (χ2n) is 8.36. The van der Waals surface area contributed by atoms with Gasteiger partial charge in [-0.3, -0.25) is 9.58 Å². The summed E-state index contributed by atoms with van der Waals surface area (Å²) in [5.41, 5.74) is 1.84. The van der Waals surface area contributed by atoms with E-state index in [-0.39, 0.29) is 12.4 Å². The van der Waals surface area contributed by atoms with Crippen LogP contribution in [0.1, 0.15) is 44.7 Å². The Balaban J connectivity index is 0.00000225. The Bertz CT molecular complexity index is 526. The Kier molecular flexibility index (Phi) is 7.32. The maximum Gasteiger partial charge on any atom is 0.0537 e. The Hall–Kier alpha value is -0.620. The van der Waals surface area contributed by atoms with Crippen molar-refractivity contribution in [2.75, 3.05) is 46.3 Å². The molecule has 0 bridgehead atoms. The molecule has 0 spiro atoms. The zero-order valence-electron chi connectivity index (χ0n) is 16.4. The van der Waals surface area contributed by atoms with Gasteiger partial charge in [0.2, 0.25) is 0 Å². The fourth-order valence-corrected chi connectivity index (χ4v) is 4.89. The van der Waals surface area contributed by atoms with Crippen molar-refractivity contribution in [3.8, 4) is 0 Å². The number of nitrogens with one attached hydrogen (secondary N) is 1. The molecule has 1 unspecified atom stereocenters. The van der Waals surface area contributed by atoms with Crippen LogP contribution in [-0.4, -0.2) is 65.9 Å². The van der Waals surface area contributed by atoms with Gasteiger partial charge in [-0.15, -0.1) is 12.4 Å². The lowest BCUT2D eigenvalue weighted by atomic mass is 9.84. The Morgan fingerprint density at radius 2 is 2.24 bits per heavy atom. The molecule has 2 aliphatic heterocycles. The third kappa shape index (κ3) is 4.97. The molecule has 1 aromatic rings. The number of hydrogen-bond donors (Lipinski definition) is 1. The van der Waals surface area contributed by atoms with Crippen molar-refractivity contribution in [1.29, 1.82) is 0 Å². The van der Waals surface area contributed by atoms with Crippen molar-refractivity contribution < 1.29 is 0 Å². The third-order valence-corrected chi connectivity index (χ3v) is 5.99. The molecule has 3 atom stereocenters. The smallest absolute Gasteiger partial charge is 0.0537 e. The molecule has 0 aliphatic carbocycles.